The molecule has 3 heterocycles. The first-order valence-electron chi connectivity index (χ1n) is 8.22. The minimum Gasteiger partial charge on any atom is -0.466 e. The number of rotatable bonds is 3. The molecular weight excluding hydrogens is 322 g/mol. The average Bonchev–Trinajstić information content (AvgIpc) is 3.13. The Morgan fingerprint density at radius 2 is 2.04 bits per heavy atom. The predicted octanol–water partition coefficient (Wildman–Crippen LogP) is 1.52. The van der Waals surface area contributed by atoms with E-state index >= 15 is 0 Å². The number of carbonyl (C=O) groups is 2. The Hall–Kier alpha value is -2.77. The van der Waals surface area contributed by atoms with Crippen LogP contribution < -0.4 is 5.32 Å². The van der Waals surface area contributed by atoms with Crippen LogP contribution in [-0.2, 0) is 19.6 Å². The Morgan fingerprint density at radius 3 is 2.68 bits per heavy atom. The summed E-state index contributed by atoms with van der Waals surface area (Å²) in [6.07, 6.45) is 0. The summed E-state index contributed by atoms with van der Waals surface area (Å²) in [6.45, 7) is 5.73. The Morgan fingerprint density at radius 1 is 1.28 bits per heavy atom. The molecule has 134 valence electrons. The van der Waals surface area contributed by atoms with Gasteiger partial charge in [-0.05, 0) is 26.0 Å². The minimum atomic E-state index is -0.176. The molecule has 2 aromatic heterocycles. The maximum atomic E-state index is 12.2. The number of furan rings is 1. The van der Waals surface area contributed by atoms with Gasteiger partial charge in [0, 0.05) is 20.6 Å². The molecule has 25 heavy (non-hydrogen) atoms. The van der Waals surface area contributed by atoms with Gasteiger partial charge in [0.05, 0.1) is 36.6 Å². The molecule has 1 N–H and O–H groups in total. The van der Waals surface area contributed by atoms with Crippen LogP contribution in [-0.4, -0.2) is 52.2 Å². The van der Waals surface area contributed by atoms with Crippen LogP contribution in [0.3, 0.4) is 0 Å². The molecule has 1 aliphatic rings. The third kappa shape index (κ3) is 3.52. The summed E-state index contributed by atoms with van der Waals surface area (Å²) in [6, 6.07) is 3.66. The molecule has 0 fully saturated rings. The van der Waals surface area contributed by atoms with Crippen LogP contribution in [0, 0.1) is 13.8 Å². The first-order valence-corrected chi connectivity index (χ1v) is 8.22. The number of nitrogens with zero attached hydrogens (tertiary/aromatic N) is 4. The normalized spacial score (nSPS) is 13.5. The van der Waals surface area contributed by atoms with Crippen LogP contribution in [0.1, 0.15) is 33.3 Å². The van der Waals surface area contributed by atoms with Crippen LogP contribution in [0.25, 0.3) is 0 Å². The fourth-order valence-electron chi connectivity index (χ4n) is 2.98. The lowest BCUT2D eigenvalue weighted by Crippen LogP contribution is -2.43. The highest BCUT2D eigenvalue weighted by molar-refractivity contribution is 5.95. The van der Waals surface area contributed by atoms with Gasteiger partial charge in [-0.1, -0.05) is 0 Å². The maximum absolute atomic E-state index is 12.2. The van der Waals surface area contributed by atoms with Crippen LogP contribution in [0.4, 0.5) is 4.79 Å². The van der Waals surface area contributed by atoms with E-state index < -0.39 is 0 Å². The summed E-state index contributed by atoms with van der Waals surface area (Å²) < 4.78 is 7.28. The molecule has 2 aromatic rings. The zero-order valence-electron chi connectivity index (χ0n) is 15.0. The van der Waals surface area contributed by atoms with Gasteiger partial charge in [0.2, 0.25) is 0 Å². The summed E-state index contributed by atoms with van der Waals surface area (Å²) >= 11 is 0. The largest absolute Gasteiger partial charge is 0.466 e. The van der Waals surface area contributed by atoms with E-state index in [2.05, 4.69) is 10.4 Å². The lowest BCUT2D eigenvalue weighted by molar-refractivity contribution is 0.0948. The minimum absolute atomic E-state index is 0.00638. The molecule has 8 nitrogen and oxygen atoms in total. The molecule has 0 aromatic carbocycles. The Labute approximate surface area is 146 Å². The molecule has 0 aliphatic carbocycles. The van der Waals surface area contributed by atoms with Gasteiger partial charge in [0.25, 0.3) is 5.91 Å². The molecule has 0 spiro atoms. The van der Waals surface area contributed by atoms with Crippen molar-refractivity contribution in [1.29, 1.82) is 0 Å². The molecule has 0 atom stereocenters. The molecule has 0 saturated carbocycles. The standard InChI is InChI=1S/C17H23N5O3/c1-11-7-15(12(2)25-11)16(23)18-9-13-8-14-10-21(17(24)20(3)4)5-6-22(14)19-13/h7-8H,5-6,9-10H2,1-4H3,(H,18,23). The van der Waals surface area contributed by atoms with E-state index in [0.717, 1.165) is 11.4 Å². The van der Waals surface area contributed by atoms with Crippen LogP contribution in [0.15, 0.2) is 16.5 Å². The predicted molar refractivity (Wildman–Crippen MR) is 91.1 cm³/mol. The maximum Gasteiger partial charge on any atom is 0.319 e. The Bertz CT molecular complexity index is 805. The summed E-state index contributed by atoms with van der Waals surface area (Å²) in [7, 11) is 3.49. The summed E-state index contributed by atoms with van der Waals surface area (Å²) in [4.78, 5) is 27.7. The number of amides is 3. The molecule has 3 amide bonds. The highest BCUT2D eigenvalue weighted by Crippen LogP contribution is 2.16. The second-order valence-electron chi connectivity index (χ2n) is 6.46. The van der Waals surface area contributed by atoms with E-state index in [9.17, 15) is 9.59 Å². The number of hydrogen-bond donors (Lipinski definition) is 1. The number of urea groups is 1. The zero-order valence-corrected chi connectivity index (χ0v) is 15.0. The van der Waals surface area contributed by atoms with E-state index in [4.69, 9.17) is 4.42 Å². The van der Waals surface area contributed by atoms with Crippen molar-refractivity contribution in [3.63, 3.8) is 0 Å². The van der Waals surface area contributed by atoms with Crippen LogP contribution >= 0.6 is 0 Å². The molecule has 3 rings (SSSR count). The molecule has 0 bridgehead atoms. The molecule has 8 heteroatoms. The van der Waals surface area contributed by atoms with Gasteiger partial charge < -0.3 is 19.5 Å². The number of fused-ring (bicyclic) bond motifs is 1. The van der Waals surface area contributed by atoms with Gasteiger partial charge in [-0.2, -0.15) is 5.10 Å². The second kappa shape index (κ2) is 6.62. The number of aryl methyl sites for hydroxylation is 2. The summed E-state index contributed by atoms with van der Waals surface area (Å²) in [5, 5.41) is 7.38. The van der Waals surface area contributed by atoms with E-state index in [1.807, 2.05) is 17.7 Å². The highest BCUT2D eigenvalue weighted by atomic mass is 16.3. The first kappa shape index (κ1) is 17.1. The van der Waals surface area contributed by atoms with E-state index in [-0.39, 0.29) is 11.9 Å². The Kier molecular flexibility index (Phi) is 4.52. The molecule has 0 saturated heterocycles. The molecule has 1 aliphatic heterocycles. The summed E-state index contributed by atoms with van der Waals surface area (Å²) in [5.41, 5.74) is 2.30. The molecular formula is C17H23N5O3. The van der Waals surface area contributed by atoms with Crippen molar-refractivity contribution in [3.05, 3.63) is 40.6 Å². The monoisotopic (exact) mass is 345 g/mol. The summed E-state index contributed by atoms with van der Waals surface area (Å²) in [5.74, 6) is 1.15. The van der Waals surface area contributed by atoms with E-state index in [0.29, 0.717) is 43.3 Å². The third-order valence-electron chi connectivity index (χ3n) is 4.22. The number of hydrogen-bond acceptors (Lipinski definition) is 4. The van der Waals surface area contributed by atoms with Crippen LogP contribution in [0.2, 0.25) is 0 Å². The fraction of sp³-hybridized carbons (Fsp3) is 0.471. The van der Waals surface area contributed by atoms with E-state index in [1.165, 1.54) is 0 Å². The lowest BCUT2D eigenvalue weighted by atomic mass is 10.2. The molecule has 0 unspecified atom stereocenters. The number of nitrogens with one attached hydrogen (secondary N) is 1. The van der Waals surface area contributed by atoms with Crippen molar-refractivity contribution < 1.29 is 14.0 Å². The van der Waals surface area contributed by atoms with Gasteiger partial charge in [-0.3, -0.25) is 9.48 Å². The van der Waals surface area contributed by atoms with Crippen molar-refractivity contribution in [3.8, 4) is 0 Å². The van der Waals surface area contributed by atoms with Crippen molar-refractivity contribution in [1.82, 2.24) is 24.9 Å². The quantitative estimate of drug-likeness (QED) is 0.914. The van der Waals surface area contributed by atoms with Crippen molar-refractivity contribution in [2.75, 3.05) is 20.6 Å². The van der Waals surface area contributed by atoms with Gasteiger partial charge in [-0.25, -0.2) is 4.79 Å². The van der Waals surface area contributed by atoms with Gasteiger partial charge in [-0.15, -0.1) is 0 Å². The average molecular weight is 345 g/mol. The fourth-order valence-corrected chi connectivity index (χ4v) is 2.98. The highest BCUT2D eigenvalue weighted by Gasteiger charge is 2.23. The van der Waals surface area contributed by atoms with Crippen molar-refractivity contribution in [2.45, 2.75) is 33.5 Å². The van der Waals surface area contributed by atoms with Crippen molar-refractivity contribution >= 4 is 11.9 Å². The van der Waals surface area contributed by atoms with Gasteiger partial charge >= 0.3 is 6.03 Å². The van der Waals surface area contributed by atoms with Gasteiger partial charge in [0.15, 0.2) is 0 Å². The Balaban J connectivity index is 1.63. The second-order valence-corrected chi connectivity index (χ2v) is 6.46. The zero-order chi connectivity index (χ0) is 18.1. The topological polar surface area (TPSA) is 83.6 Å². The van der Waals surface area contributed by atoms with Gasteiger partial charge in [0.1, 0.15) is 11.5 Å². The van der Waals surface area contributed by atoms with Crippen LogP contribution in [0.5, 0.6) is 0 Å². The SMILES string of the molecule is Cc1cc(C(=O)NCc2cc3n(n2)CCN(C(=O)N(C)C)C3)c(C)o1. The first-order chi connectivity index (χ1) is 11.8. The van der Waals surface area contributed by atoms with E-state index in [1.54, 1.807) is 36.9 Å². The number of aromatic nitrogens is 2. The van der Waals surface area contributed by atoms with Crippen molar-refractivity contribution in [2.24, 2.45) is 0 Å². The lowest BCUT2D eigenvalue weighted by Gasteiger charge is -2.29. The molecule has 0 radical (unpaired) electrons. The smallest absolute Gasteiger partial charge is 0.319 e. The third-order valence-corrected chi connectivity index (χ3v) is 4.22. The number of carbonyl (C=O) groups excluding carboxylic acids is 2.